The van der Waals surface area contributed by atoms with Crippen LogP contribution in [0.4, 0.5) is 4.39 Å². The maximum absolute atomic E-state index is 14.6. The lowest BCUT2D eigenvalue weighted by Gasteiger charge is -2.33. The van der Waals surface area contributed by atoms with Crippen molar-refractivity contribution in [3.05, 3.63) is 72.4 Å². The molecule has 7 rings (SSSR count). The van der Waals surface area contributed by atoms with Crippen LogP contribution in [0.15, 0.2) is 60.9 Å². The number of halogens is 1. The quantitative estimate of drug-likeness (QED) is 0.166. The predicted molar refractivity (Wildman–Crippen MR) is 173 cm³/mol. The molecule has 1 atom stereocenters. The number of amides is 1. The highest BCUT2D eigenvalue weighted by Crippen LogP contribution is 2.46. The van der Waals surface area contributed by atoms with E-state index in [0.29, 0.717) is 66.7 Å². The fourth-order valence-corrected chi connectivity index (χ4v) is 7.25. The number of pyridine rings is 1. The first-order chi connectivity index (χ1) is 22.5. The van der Waals surface area contributed by atoms with Crippen molar-refractivity contribution in [1.29, 1.82) is 0 Å². The molecule has 11 nitrogen and oxygen atoms in total. The third-order valence-electron chi connectivity index (χ3n) is 8.62. The van der Waals surface area contributed by atoms with E-state index in [1.165, 1.54) is 12.1 Å². The standard InChI is InChI=1S/C33H34FN7O4S/c1-3-27(42)39-10-6-22(7-11-39)41-19-20(17-36-41)29-28(23-5-4-21(34)16-26(23)45-14-13-44-2)32-24(8-15-46-32)30(38-29)25-18-37-40-12-9-35-33(43)31(25)40/h3-5,8,15-19,22,27,42H,1,6-7,9-14H2,2H3,(H,35,43). The van der Waals surface area contributed by atoms with E-state index < -0.39 is 12.0 Å². The largest absolute Gasteiger partial charge is 0.490 e. The molecule has 2 aliphatic rings. The SMILES string of the molecule is C=CC(O)N1CCC(n2cc(-c3nc(-c4cnn5c4C(=O)NCC5)c4ccsc4c3-c3ccc(F)cc3OCCOC)cn2)CC1. The van der Waals surface area contributed by atoms with Crippen LogP contribution in [-0.2, 0) is 11.3 Å². The summed E-state index contributed by atoms with van der Waals surface area (Å²) in [5.74, 6) is -0.226. The highest BCUT2D eigenvalue weighted by Gasteiger charge is 2.29. The van der Waals surface area contributed by atoms with Gasteiger partial charge in [0.1, 0.15) is 30.1 Å². The molecular weight excluding hydrogens is 609 g/mol. The summed E-state index contributed by atoms with van der Waals surface area (Å²) in [6, 6.07) is 6.65. The number of nitrogens with zero attached hydrogens (tertiary/aromatic N) is 6. The second-order valence-electron chi connectivity index (χ2n) is 11.3. The van der Waals surface area contributed by atoms with Crippen LogP contribution in [0.3, 0.4) is 0 Å². The van der Waals surface area contributed by atoms with Gasteiger partial charge in [0, 0.05) is 65.8 Å². The van der Waals surface area contributed by atoms with Gasteiger partial charge in [-0.15, -0.1) is 11.3 Å². The molecule has 13 heteroatoms. The number of hydrogen-bond donors (Lipinski definition) is 2. The highest BCUT2D eigenvalue weighted by molar-refractivity contribution is 7.18. The smallest absolute Gasteiger partial charge is 0.270 e. The summed E-state index contributed by atoms with van der Waals surface area (Å²) >= 11 is 1.54. The lowest BCUT2D eigenvalue weighted by atomic mass is 9.96. The maximum Gasteiger partial charge on any atom is 0.270 e. The molecule has 1 amide bonds. The molecule has 0 bridgehead atoms. The van der Waals surface area contributed by atoms with Crippen molar-refractivity contribution in [2.24, 2.45) is 0 Å². The fourth-order valence-electron chi connectivity index (χ4n) is 6.30. The Labute approximate surface area is 268 Å². The van der Waals surface area contributed by atoms with Crippen LogP contribution >= 0.6 is 11.3 Å². The van der Waals surface area contributed by atoms with Gasteiger partial charge in [-0.25, -0.2) is 9.37 Å². The van der Waals surface area contributed by atoms with Crippen LogP contribution in [0.5, 0.6) is 5.75 Å². The monoisotopic (exact) mass is 643 g/mol. The summed E-state index contributed by atoms with van der Waals surface area (Å²) in [6.45, 7) is 6.82. The minimum Gasteiger partial charge on any atom is -0.490 e. The van der Waals surface area contributed by atoms with Crippen molar-refractivity contribution >= 4 is 27.3 Å². The van der Waals surface area contributed by atoms with Crippen molar-refractivity contribution in [2.75, 3.05) is 40.0 Å². The molecule has 0 saturated carbocycles. The summed E-state index contributed by atoms with van der Waals surface area (Å²) < 4.78 is 30.4. The van der Waals surface area contributed by atoms with E-state index in [4.69, 9.17) is 19.6 Å². The number of carbonyl (C=O) groups excluding carboxylic acids is 1. The van der Waals surface area contributed by atoms with Crippen molar-refractivity contribution in [3.8, 4) is 39.4 Å². The van der Waals surface area contributed by atoms with E-state index >= 15 is 0 Å². The number of methoxy groups -OCH3 is 1. The molecule has 6 heterocycles. The van der Waals surface area contributed by atoms with Gasteiger partial charge in [0.25, 0.3) is 5.91 Å². The molecule has 2 aliphatic heterocycles. The van der Waals surface area contributed by atoms with Gasteiger partial charge in [0.15, 0.2) is 0 Å². The number of hydrogen-bond acceptors (Lipinski definition) is 9. The van der Waals surface area contributed by atoms with Gasteiger partial charge in [-0.3, -0.25) is 19.1 Å². The summed E-state index contributed by atoms with van der Waals surface area (Å²) in [5, 5.41) is 25.3. The number of aliphatic hydroxyl groups is 1. The Balaban J connectivity index is 1.39. The number of aromatic nitrogens is 5. The van der Waals surface area contributed by atoms with Gasteiger partial charge in [0.2, 0.25) is 0 Å². The molecule has 1 aromatic carbocycles. The van der Waals surface area contributed by atoms with Crippen molar-refractivity contribution < 1.29 is 23.8 Å². The van der Waals surface area contributed by atoms with E-state index in [-0.39, 0.29) is 18.6 Å². The molecule has 0 radical (unpaired) electrons. The molecule has 1 saturated heterocycles. The minimum absolute atomic E-state index is 0.139. The Morgan fingerprint density at radius 1 is 1.15 bits per heavy atom. The van der Waals surface area contributed by atoms with Crippen molar-refractivity contribution in [3.63, 3.8) is 0 Å². The topological polar surface area (TPSA) is 120 Å². The van der Waals surface area contributed by atoms with Crippen LogP contribution in [-0.4, -0.2) is 86.6 Å². The van der Waals surface area contributed by atoms with E-state index in [2.05, 4.69) is 17.0 Å². The number of fused-ring (bicyclic) bond motifs is 2. The van der Waals surface area contributed by atoms with Gasteiger partial charge >= 0.3 is 0 Å². The van der Waals surface area contributed by atoms with Gasteiger partial charge in [0.05, 0.1) is 48.5 Å². The molecular formula is C33H34FN7O4S. The third kappa shape index (κ3) is 5.49. The van der Waals surface area contributed by atoms with E-state index in [1.807, 2.05) is 27.2 Å². The second kappa shape index (κ2) is 12.8. The zero-order chi connectivity index (χ0) is 31.8. The number of aliphatic hydroxyl groups excluding tert-OH is 1. The molecule has 46 heavy (non-hydrogen) atoms. The molecule has 238 valence electrons. The van der Waals surface area contributed by atoms with Crippen molar-refractivity contribution in [1.82, 2.24) is 34.8 Å². The van der Waals surface area contributed by atoms with Crippen molar-refractivity contribution in [2.45, 2.75) is 31.7 Å². The number of rotatable bonds is 10. The Morgan fingerprint density at radius 2 is 2.00 bits per heavy atom. The first kappa shape index (κ1) is 30.2. The predicted octanol–water partition coefficient (Wildman–Crippen LogP) is 4.74. The molecule has 5 aromatic rings. The van der Waals surface area contributed by atoms with Gasteiger partial charge in [-0.05, 0) is 42.5 Å². The number of thiophene rings is 1. The first-order valence-corrected chi connectivity index (χ1v) is 16.1. The minimum atomic E-state index is -0.662. The number of ether oxygens (including phenoxy) is 2. The molecule has 0 spiro atoms. The van der Waals surface area contributed by atoms with E-state index in [9.17, 15) is 14.3 Å². The number of benzene rings is 1. The molecule has 4 aromatic heterocycles. The number of piperidine rings is 1. The van der Waals surface area contributed by atoms with Crippen LogP contribution in [0.2, 0.25) is 0 Å². The summed E-state index contributed by atoms with van der Waals surface area (Å²) in [7, 11) is 1.59. The molecule has 1 fully saturated rings. The Morgan fingerprint density at radius 3 is 2.80 bits per heavy atom. The zero-order valence-corrected chi connectivity index (χ0v) is 26.2. The third-order valence-corrected chi connectivity index (χ3v) is 9.55. The Kier molecular flexibility index (Phi) is 8.38. The zero-order valence-electron chi connectivity index (χ0n) is 25.4. The molecule has 0 aliphatic carbocycles. The van der Waals surface area contributed by atoms with Crippen LogP contribution in [0.1, 0.15) is 29.4 Å². The van der Waals surface area contributed by atoms with Gasteiger partial charge in [-0.1, -0.05) is 6.58 Å². The van der Waals surface area contributed by atoms with Gasteiger partial charge < -0.3 is 19.9 Å². The number of nitrogens with one attached hydrogen (secondary N) is 1. The average molecular weight is 644 g/mol. The summed E-state index contributed by atoms with van der Waals surface area (Å²) in [4.78, 5) is 20.3. The molecule has 2 N–H and O–H groups in total. The fraction of sp³-hybridized carbons (Fsp3) is 0.333. The van der Waals surface area contributed by atoms with Crippen LogP contribution in [0.25, 0.3) is 43.7 Å². The average Bonchev–Trinajstić information content (AvgIpc) is 3.85. The number of carbonyl (C=O) groups is 1. The van der Waals surface area contributed by atoms with Crippen LogP contribution in [0, 0.1) is 5.82 Å². The lowest BCUT2D eigenvalue weighted by Crippen LogP contribution is -2.40. The summed E-state index contributed by atoms with van der Waals surface area (Å²) in [6.07, 6.45) is 8.01. The first-order valence-electron chi connectivity index (χ1n) is 15.2. The Bertz CT molecular complexity index is 1910. The Hall–Kier alpha value is -4.43. The van der Waals surface area contributed by atoms with E-state index in [0.717, 1.165) is 34.1 Å². The highest BCUT2D eigenvalue weighted by atomic mass is 32.1. The maximum atomic E-state index is 14.6. The lowest BCUT2D eigenvalue weighted by molar-refractivity contribution is 0.0175. The second-order valence-corrected chi connectivity index (χ2v) is 12.3. The number of likely N-dealkylation sites (tertiary alicyclic amines) is 1. The van der Waals surface area contributed by atoms with E-state index in [1.54, 1.807) is 47.7 Å². The molecule has 1 unspecified atom stereocenters. The normalized spacial score (nSPS) is 16.4. The summed E-state index contributed by atoms with van der Waals surface area (Å²) in [5.41, 5.74) is 4.64. The van der Waals surface area contributed by atoms with Crippen LogP contribution < -0.4 is 10.1 Å². The van der Waals surface area contributed by atoms with Gasteiger partial charge in [-0.2, -0.15) is 10.2 Å².